The van der Waals surface area contributed by atoms with Crippen LogP contribution in [0.15, 0.2) is 30.3 Å². The van der Waals surface area contributed by atoms with Gasteiger partial charge in [-0.1, -0.05) is 18.2 Å². The fraction of sp³-hybridized carbons (Fsp3) is 0.552. The number of carbonyl (C=O) groups is 5. The fourth-order valence-electron chi connectivity index (χ4n) is 5.62. The topological polar surface area (TPSA) is 181 Å². The third kappa shape index (κ3) is 7.08. The Morgan fingerprint density at radius 2 is 1.64 bits per heavy atom. The van der Waals surface area contributed by atoms with Crippen LogP contribution in [0.3, 0.4) is 0 Å². The predicted molar refractivity (Wildman–Crippen MR) is 151 cm³/mol. The number of hydrogen-bond donors (Lipinski definition) is 4. The van der Waals surface area contributed by atoms with E-state index in [-0.39, 0.29) is 19.8 Å². The zero-order valence-corrected chi connectivity index (χ0v) is 23.9. The average molecular weight is 586 g/mol. The SMILES string of the molecule is C[C@@H](O)[C@@H]1NC(=O)/C=C/c2ccccc2OCCO[C@H](C)[C@@H](C(N)=O)NC(=O)[C@@H]2CCCN2C(=O)[C@@H]2CCCN2C1=O. The van der Waals surface area contributed by atoms with E-state index in [9.17, 15) is 29.1 Å². The molecule has 6 atom stereocenters. The molecular weight excluding hydrogens is 546 g/mol. The van der Waals surface area contributed by atoms with Crippen molar-refractivity contribution in [3.8, 4) is 5.75 Å². The molecule has 228 valence electrons. The summed E-state index contributed by atoms with van der Waals surface area (Å²) in [6.07, 6.45) is 2.61. The highest BCUT2D eigenvalue weighted by Gasteiger charge is 2.44. The van der Waals surface area contributed by atoms with Crippen molar-refractivity contribution in [2.24, 2.45) is 5.73 Å². The molecule has 2 saturated heterocycles. The molecule has 0 aromatic heterocycles. The lowest BCUT2D eigenvalue weighted by Crippen LogP contribution is -2.59. The minimum absolute atomic E-state index is 0.0725. The second kappa shape index (κ2) is 13.8. The van der Waals surface area contributed by atoms with Gasteiger partial charge in [-0.2, -0.15) is 0 Å². The molecule has 1 aromatic rings. The summed E-state index contributed by atoms with van der Waals surface area (Å²) in [5.41, 5.74) is 6.18. The molecule has 13 heteroatoms. The number of nitrogens with one attached hydrogen (secondary N) is 2. The van der Waals surface area contributed by atoms with Crippen LogP contribution in [0.1, 0.15) is 45.1 Å². The highest BCUT2D eigenvalue weighted by Crippen LogP contribution is 2.26. The first-order chi connectivity index (χ1) is 20.1. The number of aliphatic hydroxyl groups is 1. The van der Waals surface area contributed by atoms with Gasteiger partial charge in [0.2, 0.25) is 29.5 Å². The highest BCUT2D eigenvalue weighted by molar-refractivity contribution is 5.98. The summed E-state index contributed by atoms with van der Waals surface area (Å²) in [6.45, 7) is 3.74. The molecule has 0 unspecified atom stereocenters. The maximum atomic E-state index is 13.7. The standard InChI is InChI=1S/C29H39N5O8/c1-17(35)24-29(40)34-14-6-9-21(34)28(39)33-13-5-8-20(33)27(38)32-25(26(30)37)18(2)41-15-16-42-22-10-4-3-7-19(22)11-12-23(36)31-24/h3-4,7,10-12,17-18,20-21,24-25,35H,5-6,8-9,13-16H2,1-2H3,(H2,30,37)(H,31,36)(H,32,38)/b12-11+/t17-,18-,20+,21+,24+,25+/m1/s1. The second-order valence-electron chi connectivity index (χ2n) is 10.8. The van der Waals surface area contributed by atoms with Crippen LogP contribution in [0.5, 0.6) is 5.75 Å². The maximum Gasteiger partial charge on any atom is 0.248 e. The third-order valence-electron chi connectivity index (χ3n) is 7.83. The first-order valence-electron chi connectivity index (χ1n) is 14.3. The molecule has 5 N–H and O–H groups in total. The van der Waals surface area contributed by atoms with E-state index >= 15 is 0 Å². The zero-order valence-electron chi connectivity index (χ0n) is 23.9. The number of amides is 5. The Balaban J connectivity index is 1.64. The Kier molecular flexibility index (Phi) is 10.2. The average Bonchev–Trinajstić information content (AvgIpc) is 3.65. The number of nitrogens with two attached hydrogens (primary N) is 1. The van der Waals surface area contributed by atoms with Gasteiger partial charge in [0.05, 0.1) is 18.8 Å². The van der Waals surface area contributed by atoms with E-state index in [4.69, 9.17) is 15.2 Å². The Morgan fingerprint density at radius 3 is 2.33 bits per heavy atom. The number of para-hydroxylation sites is 1. The largest absolute Gasteiger partial charge is 0.491 e. The molecule has 3 aliphatic rings. The Morgan fingerprint density at radius 1 is 0.976 bits per heavy atom. The molecule has 3 heterocycles. The number of rotatable bonds is 2. The van der Waals surface area contributed by atoms with Crippen LogP contribution in [-0.4, -0.2) is 107 Å². The summed E-state index contributed by atoms with van der Waals surface area (Å²) < 4.78 is 11.6. The quantitative estimate of drug-likeness (QED) is 0.352. The first kappa shape index (κ1) is 31.0. The van der Waals surface area contributed by atoms with Crippen LogP contribution >= 0.6 is 0 Å². The van der Waals surface area contributed by atoms with Crippen molar-refractivity contribution in [1.82, 2.24) is 20.4 Å². The van der Waals surface area contributed by atoms with Gasteiger partial charge >= 0.3 is 0 Å². The molecule has 2 fully saturated rings. The monoisotopic (exact) mass is 585 g/mol. The molecular formula is C29H39N5O8. The lowest BCUT2D eigenvalue weighted by Gasteiger charge is -2.34. The van der Waals surface area contributed by atoms with Gasteiger partial charge in [0.15, 0.2) is 0 Å². The van der Waals surface area contributed by atoms with Crippen LogP contribution < -0.4 is 21.1 Å². The second-order valence-corrected chi connectivity index (χ2v) is 10.8. The normalized spacial score (nSPS) is 29.6. The van der Waals surface area contributed by atoms with Gasteiger partial charge < -0.3 is 40.7 Å². The van der Waals surface area contributed by atoms with Gasteiger partial charge in [-0.3, -0.25) is 24.0 Å². The number of benzene rings is 1. The van der Waals surface area contributed by atoms with E-state index in [1.54, 1.807) is 31.2 Å². The van der Waals surface area contributed by atoms with Crippen LogP contribution in [0.4, 0.5) is 0 Å². The smallest absolute Gasteiger partial charge is 0.248 e. The summed E-state index contributed by atoms with van der Waals surface area (Å²) in [5.74, 6) is -2.44. The van der Waals surface area contributed by atoms with E-state index in [1.165, 1.54) is 28.9 Å². The molecule has 0 aliphatic carbocycles. The van der Waals surface area contributed by atoms with Gasteiger partial charge in [-0.25, -0.2) is 0 Å². The van der Waals surface area contributed by atoms with Gasteiger partial charge in [0.25, 0.3) is 0 Å². The number of hydrogen-bond acceptors (Lipinski definition) is 8. The van der Waals surface area contributed by atoms with E-state index in [2.05, 4.69) is 10.6 Å². The molecule has 1 aromatic carbocycles. The molecule has 5 amide bonds. The van der Waals surface area contributed by atoms with Crippen molar-refractivity contribution in [3.05, 3.63) is 35.9 Å². The summed E-state index contributed by atoms with van der Waals surface area (Å²) in [4.78, 5) is 68.5. The van der Waals surface area contributed by atoms with Crippen molar-refractivity contribution < 1.29 is 38.6 Å². The zero-order chi connectivity index (χ0) is 30.4. The van der Waals surface area contributed by atoms with Crippen molar-refractivity contribution in [2.45, 2.75) is 75.9 Å². The minimum Gasteiger partial charge on any atom is -0.491 e. The van der Waals surface area contributed by atoms with E-state index < -0.39 is 65.9 Å². The number of primary amides is 1. The molecule has 3 aliphatic heterocycles. The minimum atomic E-state index is -1.29. The fourth-order valence-corrected chi connectivity index (χ4v) is 5.62. The molecule has 42 heavy (non-hydrogen) atoms. The van der Waals surface area contributed by atoms with Crippen molar-refractivity contribution in [3.63, 3.8) is 0 Å². The van der Waals surface area contributed by atoms with Crippen LogP contribution in [0.25, 0.3) is 6.08 Å². The van der Waals surface area contributed by atoms with Crippen molar-refractivity contribution >= 4 is 35.6 Å². The lowest BCUT2D eigenvalue weighted by molar-refractivity contribution is -0.149. The molecule has 13 nitrogen and oxygen atoms in total. The van der Waals surface area contributed by atoms with E-state index in [1.807, 2.05) is 0 Å². The molecule has 0 radical (unpaired) electrons. The molecule has 0 bridgehead atoms. The van der Waals surface area contributed by atoms with E-state index in [0.29, 0.717) is 43.5 Å². The Labute approximate surface area is 244 Å². The number of nitrogens with zero attached hydrogens (tertiary/aromatic N) is 2. The number of fused-ring (bicyclic) bond motifs is 3. The molecule has 4 rings (SSSR count). The van der Waals surface area contributed by atoms with Crippen molar-refractivity contribution in [2.75, 3.05) is 26.3 Å². The van der Waals surface area contributed by atoms with Crippen LogP contribution in [0.2, 0.25) is 0 Å². The lowest BCUT2D eigenvalue weighted by atomic mass is 10.1. The number of aliphatic hydroxyl groups excluding tert-OH is 1. The van der Waals surface area contributed by atoms with Gasteiger partial charge in [0, 0.05) is 24.7 Å². The van der Waals surface area contributed by atoms with Gasteiger partial charge in [-0.05, 0) is 51.7 Å². The highest BCUT2D eigenvalue weighted by atomic mass is 16.5. The Hall–Kier alpha value is -3.97. The Bertz CT molecular complexity index is 1220. The van der Waals surface area contributed by atoms with Crippen LogP contribution in [0, 0.1) is 0 Å². The van der Waals surface area contributed by atoms with Crippen LogP contribution in [-0.2, 0) is 28.7 Å². The predicted octanol–water partition coefficient (Wildman–Crippen LogP) is -0.685. The van der Waals surface area contributed by atoms with Gasteiger partial charge in [-0.15, -0.1) is 0 Å². The van der Waals surface area contributed by atoms with Crippen molar-refractivity contribution in [1.29, 1.82) is 0 Å². The number of carbonyl (C=O) groups excluding carboxylic acids is 5. The summed E-state index contributed by atoms with van der Waals surface area (Å²) in [7, 11) is 0. The molecule has 0 spiro atoms. The van der Waals surface area contributed by atoms with Gasteiger partial charge in [0.1, 0.15) is 36.5 Å². The molecule has 0 saturated carbocycles. The maximum absolute atomic E-state index is 13.7. The third-order valence-corrected chi connectivity index (χ3v) is 7.83. The summed E-state index contributed by atoms with van der Waals surface area (Å²) >= 11 is 0. The summed E-state index contributed by atoms with van der Waals surface area (Å²) in [5, 5.41) is 15.6. The number of ether oxygens (including phenoxy) is 2. The first-order valence-corrected chi connectivity index (χ1v) is 14.3. The van der Waals surface area contributed by atoms with E-state index in [0.717, 1.165) is 0 Å². The summed E-state index contributed by atoms with van der Waals surface area (Å²) in [6, 6.07) is 2.84.